The van der Waals surface area contributed by atoms with E-state index in [1.54, 1.807) is 0 Å². The van der Waals surface area contributed by atoms with Gasteiger partial charge >= 0.3 is 17.9 Å². The van der Waals surface area contributed by atoms with Gasteiger partial charge in [0.1, 0.15) is 24.9 Å². The second-order valence-electron chi connectivity index (χ2n) is 8.01. The van der Waals surface area contributed by atoms with E-state index in [0.29, 0.717) is 12.8 Å². The lowest BCUT2D eigenvalue weighted by atomic mass is 9.80. The molecule has 174 valence electrons. The molecule has 0 radical (unpaired) electrons. The molecule has 1 aliphatic heterocycles. The van der Waals surface area contributed by atoms with E-state index in [0.717, 1.165) is 19.3 Å². The van der Waals surface area contributed by atoms with Crippen molar-refractivity contribution in [2.24, 2.45) is 5.92 Å². The fourth-order valence-corrected chi connectivity index (χ4v) is 4.19. The predicted octanol–water partition coefficient (Wildman–Crippen LogP) is 0.834. The van der Waals surface area contributed by atoms with E-state index >= 15 is 0 Å². The van der Waals surface area contributed by atoms with Crippen LogP contribution in [0.5, 0.6) is 0 Å². The SMILES string of the molecule is CC(=O)N[C@@H]1[C@@H](OC(C)=O)[C@H](OC(C)=O)[C@@H](COC(C)=O)O[C@H]1C(=O)C1CCCCC1. The molecule has 0 unspecified atom stereocenters. The van der Waals surface area contributed by atoms with Crippen molar-refractivity contribution in [3.8, 4) is 0 Å². The molecule has 1 aliphatic carbocycles. The molecule has 10 nitrogen and oxygen atoms in total. The predicted molar refractivity (Wildman–Crippen MR) is 106 cm³/mol. The molecule has 0 spiro atoms. The van der Waals surface area contributed by atoms with Crippen molar-refractivity contribution in [2.75, 3.05) is 6.61 Å². The molecule has 2 aliphatic rings. The molecule has 0 bridgehead atoms. The number of carbonyl (C=O) groups is 5. The molecule has 5 atom stereocenters. The fourth-order valence-electron chi connectivity index (χ4n) is 4.19. The third-order valence-corrected chi connectivity index (χ3v) is 5.40. The first-order chi connectivity index (χ1) is 14.6. The van der Waals surface area contributed by atoms with Gasteiger partial charge in [0, 0.05) is 33.6 Å². The van der Waals surface area contributed by atoms with E-state index < -0.39 is 54.3 Å². The molecule has 0 aromatic heterocycles. The number of hydrogen-bond donors (Lipinski definition) is 1. The second kappa shape index (κ2) is 11.2. The van der Waals surface area contributed by atoms with Crippen molar-refractivity contribution in [1.29, 1.82) is 0 Å². The molecule has 1 saturated heterocycles. The summed E-state index contributed by atoms with van der Waals surface area (Å²) < 4.78 is 21.8. The number of Topliss-reactive ketones (excluding diaryl/α,β-unsaturated/α-hetero) is 1. The molecule has 1 saturated carbocycles. The third kappa shape index (κ3) is 7.02. The van der Waals surface area contributed by atoms with E-state index in [9.17, 15) is 24.0 Å². The Hall–Kier alpha value is -2.49. The van der Waals surface area contributed by atoms with Crippen LogP contribution in [-0.2, 0) is 42.9 Å². The van der Waals surface area contributed by atoms with Crippen LogP contribution in [0.4, 0.5) is 0 Å². The Morgan fingerprint density at radius 2 is 1.42 bits per heavy atom. The van der Waals surface area contributed by atoms with Crippen LogP contribution in [0, 0.1) is 5.92 Å². The molecule has 1 heterocycles. The topological polar surface area (TPSA) is 134 Å². The van der Waals surface area contributed by atoms with Crippen molar-refractivity contribution >= 4 is 29.6 Å². The van der Waals surface area contributed by atoms with Crippen LogP contribution < -0.4 is 5.32 Å². The molecular formula is C21H31NO9. The normalized spacial score (nSPS) is 28.8. The van der Waals surface area contributed by atoms with Gasteiger partial charge in [-0.2, -0.15) is 0 Å². The molecule has 1 N–H and O–H groups in total. The maximum absolute atomic E-state index is 13.4. The van der Waals surface area contributed by atoms with Crippen LogP contribution in [0.2, 0.25) is 0 Å². The Kier molecular flexibility index (Phi) is 8.97. The highest BCUT2D eigenvalue weighted by molar-refractivity contribution is 5.87. The van der Waals surface area contributed by atoms with Gasteiger partial charge < -0.3 is 24.3 Å². The minimum absolute atomic E-state index is 0.218. The highest BCUT2D eigenvalue weighted by Crippen LogP contribution is 2.32. The monoisotopic (exact) mass is 441 g/mol. The Morgan fingerprint density at radius 3 is 1.94 bits per heavy atom. The van der Waals surface area contributed by atoms with E-state index in [1.165, 1.54) is 27.7 Å². The first-order valence-corrected chi connectivity index (χ1v) is 10.5. The average Bonchev–Trinajstić information content (AvgIpc) is 2.68. The van der Waals surface area contributed by atoms with Crippen LogP contribution in [0.15, 0.2) is 0 Å². The summed E-state index contributed by atoms with van der Waals surface area (Å²) >= 11 is 0. The number of esters is 3. The zero-order valence-corrected chi connectivity index (χ0v) is 18.4. The minimum Gasteiger partial charge on any atom is -0.463 e. The smallest absolute Gasteiger partial charge is 0.303 e. The number of rotatable bonds is 7. The lowest BCUT2D eigenvalue weighted by Gasteiger charge is -2.45. The highest BCUT2D eigenvalue weighted by atomic mass is 16.6. The van der Waals surface area contributed by atoms with E-state index in [2.05, 4.69) is 5.32 Å². The lowest BCUT2D eigenvalue weighted by molar-refractivity contribution is -0.223. The van der Waals surface area contributed by atoms with Crippen LogP contribution >= 0.6 is 0 Å². The number of amides is 1. The highest BCUT2D eigenvalue weighted by Gasteiger charge is 2.53. The Labute approximate surface area is 181 Å². The van der Waals surface area contributed by atoms with Crippen LogP contribution in [0.1, 0.15) is 59.8 Å². The van der Waals surface area contributed by atoms with Gasteiger partial charge in [-0.15, -0.1) is 0 Å². The van der Waals surface area contributed by atoms with Gasteiger partial charge in [0.25, 0.3) is 0 Å². The summed E-state index contributed by atoms with van der Waals surface area (Å²) in [4.78, 5) is 60.2. The molecule has 1 amide bonds. The summed E-state index contributed by atoms with van der Waals surface area (Å²) in [6.07, 6.45) is -0.321. The maximum atomic E-state index is 13.4. The minimum atomic E-state index is -1.20. The summed E-state index contributed by atoms with van der Waals surface area (Å²) in [6.45, 7) is 4.49. The second-order valence-corrected chi connectivity index (χ2v) is 8.01. The number of hydrogen-bond acceptors (Lipinski definition) is 9. The standard InChI is InChI=1S/C21H31NO9/c1-11(23)22-17-20(18(27)15-8-6-5-7-9-15)31-16(10-28-12(2)24)19(29-13(3)25)21(17)30-14(4)26/h15-17,19-21H,5-10H2,1-4H3,(H,22,23)/t16-,17+,19-,20-,21-/m1/s1. The zero-order valence-electron chi connectivity index (χ0n) is 18.4. The van der Waals surface area contributed by atoms with E-state index in [4.69, 9.17) is 18.9 Å². The molecular weight excluding hydrogens is 410 g/mol. The summed E-state index contributed by atoms with van der Waals surface area (Å²) in [7, 11) is 0. The van der Waals surface area contributed by atoms with E-state index in [-0.39, 0.29) is 18.3 Å². The first-order valence-electron chi connectivity index (χ1n) is 10.5. The number of carbonyl (C=O) groups excluding carboxylic acids is 5. The number of ether oxygens (including phenoxy) is 4. The molecule has 31 heavy (non-hydrogen) atoms. The van der Waals surface area contributed by atoms with Gasteiger partial charge in [0.2, 0.25) is 5.91 Å². The Bertz CT molecular complexity index is 701. The first kappa shape index (κ1) is 24.8. The Balaban J connectivity index is 2.43. The fraction of sp³-hybridized carbons (Fsp3) is 0.762. The summed E-state index contributed by atoms with van der Waals surface area (Å²) in [5, 5.41) is 2.63. The lowest BCUT2D eigenvalue weighted by Crippen LogP contribution is -2.68. The van der Waals surface area contributed by atoms with Crippen LogP contribution in [0.25, 0.3) is 0 Å². The quantitative estimate of drug-likeness (QED) is 0.450. The zero-order chi connectivity index (χ0) is 23.1. The number of nitrogens with one attached hydrogen (secondary N) is 1. The van der Waals surface area contributed by atoms with Gasteiger partial charge in [-0.25, -0.2) is 0 Å². The van der Waals surface area contributed by atoms with Crippen molar-refractivity contribution in [1.82, 2.24) is 5.32 Å². The van der Waals surface area contributed by atoms with Crippen molar-refractivity contribution in [3.05, 3.63) is 0 Å². The summed E-state index contributed by atoms with van der Waals surface area (Å²) in [5.41, 5.74) is 0. The average molecular weight is 441 g/mol. The van der Waals surface area contributed by atoms with Crippen molar-refractivity contribution in [3.63, 3.8) is 0 Å². The van der Waals surface area contributed by atoms with Crippen LogP contribution in [0.3, 0.4) is 0 Å². The Morgan fingerprint density at radius 1 is 0.839 bits per heavy atom. The summed E-state index contributed by atoms with van der Waals surface area (Å²) in [6, 6.07) is -1.06. The van der Waals surface area contributed by atoms with Gasteiger partial charge in [-0.3, -0.25) is 24.0 Å². The van der Waals surface area contributed by atoms with E-state index in [1.807, 2.05) is 0 Å². The summed E-state index contributed by atoms with van der Waals surface area (Å²) in [5.74, 6) is -2.90. The molecule has 2 fully saturated rings. The molecule has 2 rings (SSSR count). The van der Waals surface area contributed by atoms with Crippen molar-refractivity contribution in [2.45, 2.75) is 90.3 Å². The largest absolute Gasteiger partial charge is 0.463 e. The third-order valence-electron chi connectivity index (χ3n) is 5.40. The van der Waals surface area contributed by atoms with Gasteiger partial charge in [-0.05, 0) is 12.8 Å². The molecule has 0 aromatic rings. The number of ketones is 1. The van der Waals surface area contributed by atoms with Crippen molar-refractivity contribution < 1.29 is 42.9 Å². The van der Waals surface area contributed by atoms with Crippen LogP contribution in [-0.4, -0.2) is 66.7 Å². The van der Waals surface area contributed by atoms with Gasteiger partial charge in [-0.1, -0.05) is 19.3 Å². The molecule has 0 aromatic carbocycles. The van der Waals surface area contributed by atoms with Gasteiger partial charge in [0.15, 0.2) is 18.0 Å². The maximum Gasteiger partial charge on any atom is 0.303 e. The van der Waals surface area contributed by atoms with Gasteiger partial charge in [0.05, 0.1) is 0 Å². The molecule has 10 heteroatoms.